The summed E-state index contributed by atoms with van der Waals surface area (Å²) < 4.78 is 5.94. The molecular weight excluding hydrogens is 363 g/mol. The van der Waals surface area contributed by atoms with Gasteiger partial charge in [0, 0.05) is 21.7 Å². The van der Waals surface area contributed by atoms with Crippen LogP contribution in [0.5, 0.6) is 5.75 Å². The molecule has 0 unspecified atom stereocenters. The van der Waals surface area contributed by atoms with Gasteiger partial charge in [-0.1, -0.05) is 51.3 Å². The van der Waals surface area contributed by atoms with Gasteiger partial charge in [0.2, 0.25) is 0 Å². The summed E-state index contributed by atoms with van der Waals surface area (Å²) in [4.78, 5) is 12.5. The van der Waals surface area contributed by atoms with Crippen molar-refractivity contribution >= 4 is 44.9 Å². The van der Waals surface area contributed by atoms with Gasteiger partial charge < -0.3 is 4.74 Å². The molecule has 0 aliphatic rings. The normalized spacial score (nSPS) is 10.4. The second-order valence-electron chi connectivity index (χ2n) is 4.26. The van der Waals surface area contributed by atoms with E-state index in [0.29, 0.717) is 26.9 Å². The van der Waals surface area contributed by atoms with Gasteiger partial charge in [-0.15, -0.1) is 0 Å². The minimum atomic E-state index is -0.180. The average Bonchev–Trinajstić information content (AvgIpc) is 2.43. The zero-order chi connectivity index (χ0) is 14.9. The van der Waals surface area contributed by atoms with Crippen LogP contribution in [-0.4, -0.2) is 12.9 Å². The predicted molar refractivity (Wildman–Crippen MR) is 85.3 cm³/mol. The molecular formula is C15H11BrCl2O2. The molecule has 0 saturated heterocycles. The van der Waals surface area contributed by atoms with Gasteiger partial charge in [-0.2, -0.15) is 0 Å². The van der Waals surface area contributed by atoms with Crippen LogP contribution in [0.3, 0.4) is 0 Å². The predicted octanol–water partition coefficient (Wildman–Crippen LogP) is 5.30. The van der Waals surface area contributed by atoms with Gasteiger partial charge in [-0.3, -0.25) is 4.79 Å². The maximum Gasteiger partial charge on any atom is 0.194 e. The highest BCUT2D eigenvalue weighted by molar-refractivity contribution is 9.10. The summed E-state index contributed by atoms with van der Waals surface area (Å²) in [5, 5.41) is 0.666. The SMILES string of the molecule is COc1cc(Cl)c(C(=O)c2ccc(C)c(Br)c2)cc1Cl. The molecule has 0 heterocycles. The number of hydrogen-bond donors (Lipinski definition) is 0. The number of carbonyl (C=O) groups is 1. The highest BCUT2D eigenvalue weighted by atomic mass is 79.9. The van der Waals surface area contributed by atoms with Crippen molar-refractivity contribution in [3.8, 4) is 5.75 Å². The minimum absolute atomic E-state index is 0.180. The number of halogens is 3. The van der Waals surface area contributed by atoms with Crippen LogP contribution >= 0.6 is 39.1 Å². The molecule has 0 atom stereocenters. The number of ketones is 1. The van der Waals surface area contributed by atoms with E-state index in [9.17, 15) is 4.79 Å². The summed E-state index contributed by atoms with van der Waals surface area (Å²) in [6, 6.07) is 8.47. The van der Waals surface area contributed by atoms with Crippen molar-refractivity contribution in [2.75, 3.05) is 7.11 Å². The van der Waals surface area contributed by atoms with E-state index in [0.717, 1.165) is 10.0 Å². The van der Waals surface area contributed by atoms with Crippen LogP contribution in [0.4, 0.5) is 0 Å². The molecule has 5 heteroatoms. The molecule has 0 radical (unpaired) electrons. The third-order valence-corrected chi connectivity index (χ3v) is 4.38. The van der Waals surface area contributed by atoms with Gasteiger partial charge in [-0.05, 0) is 24.6 Å². The van der Waals surface area contributed by atoms with Crippen molar-refractivity contribution < 1.29 is 9.53 Å². The quantitative estimate of drug-likeness (QED) is 0.682. The van der Waals surface area contributed by atoms with E-state index >= 15 is 0 Å². The fraction of sp³-hybridized carbons (Fsp3) is 0.133. The molecule has 104 valence electrons. The largest absolute Gasteiger partial charge is 0.495 e. The Morgan fingerprint density at radius 3 is 2.45 bits per heavy atom. The van der Waals surface area contributed by atoms with Gasteiger partial charge in [0.1, 0.15) is 5.75 Å². The molecule has 0 saturated carbocycles. The van der Waals surface area contributed by atoms with Crippen molar-refractivity contribution in [3.05, 3.63) is 61.5 Å². The van der Waals surface area contributed by atoms with Gasteiger partial charge in [0.05, 0.1) is 17.2 Å². The summed E-state index contributed by atoms with van der Waals surface area (Å²) in [6.45, 7) is 1.95. The van der Waals surface area contributed by atoms with Crippen molar-refractivity contribution in [1.82, 2.24) is 0 Å². The first-order valence-corrected chi connectivity index (χ1v) is 7.33. The molecule has 2 nitrogen and oxygen atoms in total. The summed E-state index contributed by atoms with van der Waals surface area (Å²) in [7, 11) is 1.50. The van der Waals surface area contributed by atoms with Gasteiger partial charge in [-0.25, -0.2) is 0 Å². The van der Waals surface area contributed by atoms with E-state index < -0.39 is 0 Å². The Morgan fingerprint density at radius 2 is 1.85 bits per heavy atom. The molecule has 20 heavy (non-hydrogen) atoms. The van der Waals surface area contributed by atoms with E-state index in [-0.39, 0.29) is 5.78 Å². The summed E-state index contributed by atoms with van der Waals surface area (Å²) in [5.74, 6) is 0.263. The number of benzene rings is 2. The van der Waals surface area contributed by atoms with Crippen LogP contribution in [0.15, 0.2) is 34.8 Å². The van der Waals surface area contributed by atoms with Crippen LogP contribution in [0, 0.1) is 6.92 Å². The van der Waals surface area contributed by atoms with E-state index in [1.807, 2.05) is 13.0 Å². The molecule has 0 N–H and O–H groups in total. The lowest BCUT2D eigenvalue weighted by atomic mass is 10.0. The molecule has 0 bridgehead atoms. The summed E-state index contributed by atoms with van der Waals surface area (Å²) in [6.07, 6.45) is 0. The van der Waals surface area contributed by atoms with Crippen LogP contribution < -0.4 is 4.74 Å². The Balaban J connectivity index is 2.48. The van der Waals surface area contributed by atoms with Crippen molar-refractivity contribution in [2.24, 2.45) is 0 Å². The standard InChI is InChI=1S/C15H11BrCl2O2/c1-8-3-4-9(5-11(8)16)15(19)10-6-13(18)14(20-2)7-12(10)17/h3-7H,1-2H3. The number of hydrogen-bond acceptors (Lipinski definition) is 2. The molecule has 0 amide bonds. The summed E-state index contributed by atoms with van der Waals surface area (Å²) >= 11 is 15.6. The Kier molecular flexibility index (Phi) is 4.74. The topological polar surface area (TPSA) is 26.3 Å². The number of aryl methyl sites for hydroxylation is 1. The molecule has 0 fully saturated rings. The van der Waals surface area contributed by atoms with Gasteiger partial charge >= 0.3 is 0 Å². The Labute approximate surface area is 135 Å². The first-order chi connectivity index (χ1) is 9.43. The molecule has 0 aliphatic carbocycles. The number of methoxy groups -OCH3 is 1. The molecule has 2 aromatic rings. The smallest absolute Gasteiger partial charge is 0.194 e. The van der Waals surface area contributed by atoms with Crippen molar-refractivity contribution in [2.45, 2.75) is 6.92 Å². The first kappa shape index (κ1) is 15.4. The molecule has 0 aromatic heterocycles. The lowest BCUT2D eigenvalue weighted by Gasteiger charge is -2.09. The van der Waals surface area contributed by atoms with E-state index in [1.54, 1.807) is 18.2 Å². The van der Waals surface area contributed by atoms with E-state index in [1.165, 1.54) is 13.2 Å². The highest BCUT2D eigenvalue weighted by Crippen LogP contribution is 2.32. The maximum atomic E-state index is 12.5. The van der Waals surface area contributed by atoms with Gasteiger partial charge in [0.25, 0.3) is 0 Å². The lowest BCUT2D eigenvalue weighted by molar-refractivity contribution is 0.103. The van der Waals surface area contributed by atoms with Crippen LogP contribution in [0.1, 0.15) is 21.5 Å². The molecule has 0 aliphatic heterocycles. The lowest BCUT2D eigenvalue weighted by Crippen LogP contribution is -2.03. The van der Waals surface area contributed by atoms with E-state index in [2.05, 4.69) is 15.9 Å². The second kappa shape index (κ2) is 6.17. The third-order valence-electron chi connectivity index (χ3n) is 2.92. The van der Waals surface area contributed by atoms with Crippen LogP contribution in [0.25, 0.3) is 0 Å². The third kappa shape index (κ3) is 3.00. The first-order valence-electron chi connectivity index (χ1n) is 5.78. The van der Waals surface area contributed by atoms with Crippen LogP contribution in [-0.2, 0) is 0 Å². The van der Waals surface area contributed by atoms with E-state index in [4.69, 9.17) is 27.9 Å². The van der Waals surface area contributed by atoms with Crippen LogP contribution in [0.2, 0.25) is 10.0 Å². The Hall–Kier alpha value is -1.03. The number of rotatable bonds is 3. The zero-order valence-electron chi connectivity index (χ0n) is 10.8. The Bertz CT molecular complexity index is 684. The molecule has 0 spiro atoms. The monoisotopic (exact) mass is 372 g/mol. The second-order valence-corrected chi connectivity index (χ2v) is 5.93. The fourth-order valence-electron chi connectivity index (χ4n) is 1.75. The number of carbonyl (C=O) groups excluding carboxylic acids is 1. The fourth-order valence-corrected chi connectivity index (χ4v) is 2.61. The van der Waals surface area contributed by atoms with Gasteiger partial charge in [0.15, 0.2) is 5.78 Å². The molecule has 2 aromatic carbocycles. The van der Waals surface area contributed by atoms with Crippen molar-refractivity contribution in [3.63, 3.8) is 0 Å². The average molecular weight is 374 g/mol. The minimum Gasteiger partial charge on any atom is -0.495 e. The molecule has 2 rings (SSSR count). The highest BCUT2D eigenvalue weighted by Gasteiger charge is 2.16. The number of ether oxygens (including phenoxy) is 1. The summed E-state index contributed by atoms with van der Waals surface area (Å²) in [5.41, 5.74) is 1.96. The van der Waals surface area contributed by atoms with Crippen molar-refractivity contribution in [1.29, 1.82) is 0 Å². The Morgan fingerprint density at radius 1 is 1.15 bits per heavy atom. The zero-order valence-corrected chi connectivity index (χ0v) is 13.9. The maximum absolute atomic E-state index is 12.5.